The number of para-hydroxylation sites is 1. The van der Waals surface area contributed by atoms with Crippen LogP contribution in [0.25, 0.3) is 16.9 Å². The molecule has 3 aromatic heterocycles. The van der Waals surface area contributed by atoms with Gasteiger partial charge in [0.1, 0.15) is 12.1 Å². The maximum absolute atomic E-state index is 5.56. The predicted octanol–water partition coefficient (Wildman–Crippen LogP) is 2.37. The lowest BCUT2D eigenvalue weighted by Crippen LogP contribution is -1.96. The quantitative estimate of drug-likeness (QED) is 0.576. The molecule has 0 spiro atoms. The zero-order valence-corrected chi connectivity index (χ0v) is 11.4. The summed E-state index contributed by atoms with van der Waals surface area (Å²) in [7, 11) is 0. The molecular weight excluding hydrogens is 280 g/mol. The van der Waals surface area contributed by atoms with Crippen LogP contribution in [0.5, 0.6) is 11.8 Å². The number of hydrogen-bond donors (Lipinski definition) is 0. The van der Waals surface area contributed by atoms with E-state index in [-0.39, 0.29) is 0 Å². The molecular formula is C15H10N6O. The summed E-state index contributed by atoms with van der Waals surface area (Å²) >= 11 is 0. The highest BCUT2D eigenvalue weighted by atomic mass is 16.5. The van der Waals surface area contributed by atoms with Gasteiger partial charge in [-0.15, -0.1) is 10.2 Å². The van der Waals surface area contributed by atoms with Crippen LogP contribution in [0.2, 0.25) is 0 Å². The van der Waals surface area contributed by atoms with Crippen LogP contribution in [0, 0.1) is 0 Å². The van der Waals surface area contributed by atoms with Crippen molar-refractivity contribution in [2.24, 2.45) is 0 Å². The van der Waals surface area contributed by atoms with Crippen molar-refractivity contribution in [3.05, 3.63) is 61.2 Å². The van der Waals surface area contributed by atoms with Crippen molar-refractivity contribution in [3.63, 3.8) is 0 Å². The van der Waals surface area contributed by atoms with Crippen LogP contribution in [0.3, 0.4) is 0 Å². The molecule has 1 aromatic carbocycles. The first-order valence-electron chi connectivity index (χ1n) is 6.61. The monoisotopic (exact) mass is 290 g/mol. The molecule has 0 saturated carbocycles. The average molecular weight is 290 g/mol. The first kappa shape index (κ1) is 12.4. The SMILES string of the molecule is c1ccc(Oc2ncc(-c3ccc4nncn4n3)cn2)cc1. The van der Waals surface area contributed by atoms with Gasteiger partial charge in [-0.2, -0.15) is 9.61 Å². The Hall–Kier alpha value is -3.35. The van der Waals surface area contributed by atoms with Gasteiger partial charge in [-0.25, -0.2) is 9.97 Å². The van der Waals surface area contributed by atoms with E-state index in [0.717, 1.165) is 11.3 Å². The molecule has 0 fully saturated rings. The van der Waals surface area contributed by atoms with E-state index in [0.29, 0.717) is 17.4 Å². The molecule has 3 heterocycles. The van der Waals surface area contributed by atoms with Gasteiger partial charge < -0.3 is 4.74 Å². The van der Waals surface area contributed by atoms with Gasteiger partial charge in [-0.1, -0.05) is 18.2 Å². The molecule has 0 aliphatic rings. The van der Waals surface area contributed by atoms with Crippen molar-refractivity contribution < 1.29 is 4.74 Å². The molecule has 0 N–H and O–H groups in total. The standard InChI is InChI=1S/C15H10N6O/c1-2-4-12(5-3-1)22-15-16-8-11(9-17-15)13-6-7-14-19-18-10-21(14)20-13/h1-10H. The lowest BCUT2D eigenvalue weighted by Gasteiger charge is -2.04. The minimum Gasteiger partial charge on any atom is -0.424 e. The Morgan fingerprint density at radius 1 is 0.909 bits per heavy atom. The highest BCUT2D eigenvalue weighted by molar-refractivity contribution is 5.58. The van der Waals surface area contributed by atoms with Gasteiger partial charge in [0.15, 0.2) is 5.65 Å². The molecule has 7 nitrogen and oxygen atoms in total. The molecule has 0 saturated heterocycles. The van der Waals surface area contributed by atoms with Crippen LogP contribution in [0.4, 0.5) is 0 Å². The highest BCUT2D eigenvalue weighted by Gasteiger charge is 2.05. The summed E-state index contributed by atoms with van der Waals surface area (Å²) in [6.07, 6.45) is 4.89. The van der Waals surface area contributed by atoms with Gasteiger partial charge in [-0.05, 0) is 24.3 Å². The topological polar surface area (TPSA) is 78.1 Å². The zero-order valence-electron chi connectivity index (χ0n) is 11.4. The molecule has 4 aromatic rings. The molecule has 0 aliphatic heterocycles. The fraction of sp³-hybridized carbons (Fsp3) is 0. The third-order valence-electron chi connectivity index (χ3n) is 3.04. The van der Waals surface area contributed by atoms with Crippen molar-refractivity contribution in [1.29, 1.82) is 0 Å². The second-order valence-electron chi connectivity index (χ2n) is 4.52. The summed E-state index contributed by atoms with van der Waals surface area (Å²) in [6, 6.07) is 13.4. The minimum atomic E-state index is 0.292. The normalized spacial score (nSPS) is 10.7. The number of fused-ring (bicyclic) bond motifs is 1. The maximum atomic E-state index is 5.56. The summed E-state index contributed by atoms with van der Waals surface area (Å²) in [5.41, 5.74) is 2.21. The van der Waals surface area contributed by atoms with Crippen molar-refractivity contribution in [2.45, 2.75) is 0 Å². The molecule has 7 heteroatoms. The largest absolute Gasteiger partial charge is 0.424 e. The number of rotatable bonds is 3. The Kier molecular flexibility index (Phi) is 2.93. The van der Waals surface area contributed by atoms with Crippen LogP contribution in [0.15, 0.2) is 61.2 Å². The van der Waals surface area contributed by atoms with Gasteiger partial charge in [0, 0.05) is 18.0 Å². The van der Waals surface area contributed by atoms with Gasteiger partial charge >= 0.3 is 6.01 Å². The molecule has 0 bridgehead atoms. The zero-order chi connectivity index (χ0) is 14.8. The Morgan fingerprint density at radius 2 is 1.73 bits per heavy atom. The number of benzene rings is 1. The van der Waals surface area contributed by atoms with Crippen molar-refractivity contribution in [3.8, 4) is 23.0 Å². The molecule has 22 heavy (non-hydrogen) atoms. The number of nitrogens with zero attached hydrogens (tertiary/aromatic N) is 6. The third kappa shape index (κ3) is 2.35. The van der Waals surface area contributed by atoms with Crippen LogP contribution in [-0.4, -0.2) is 29.8 Å². The first-order valence-corrected chi connectivity index (χ1v) is 6.61. The number of ether oxygens (including phenoxy) is 1. The van der Waals surface area contributed by atoms with Gasteiger partial charge in [0.25, 0.3) is 0 Å². The molecule has 0 unspecified atom stereocenters. The lowest BCUT2D eigenvalue weighted by molar-refractivity contribution is 0.442. The summed E-state index contributed by atoms with van der Waals surface area (Å²) in [5, 5.41) is 12.1. The van der Waals surface area contributed by atoms with Crippen LogP contribution >= 0.6 is 0 Å². The van der Waals surface area contributed by atoms with E-state index in [1.165, 1.54) is 0 Å². The van der Waals surface area contributed by atoms with Crippen molar-refractivity contribution >= 4 is 5.65 Å². The Labute approximate surface area is 125 Å². The summed E-state index contributed by atoms with van der Waals surface area (Å²) in [6.45, 7) is 0. The van der Waals surface area contributed by atoms with E-state index in [2.05, 4.69) is 25.3 Å². The number of hydrogen-bond acceptors (Lipinski definition) is 6. The van der Waals surface area contributed by atoms with Crippen LogP contribution in [-0.2, 0) is 0 Å². The van der Waals surface area contributed by atoms with E-state index in [1.54, 1.807) is 23.2 Å². The fourth-order valence-corrected chi connectivity index (χ4v) is 1.98. The summed E-state index contributed by atoms with van der Waals surface area (Å²) in [4.78, 5) is 8.41. The van der Waals surface area contributed by atoms with E-state index < -0.39 is 0 Å². The molecule has 0 aliphatic carbocycles. The Bertz CT molecular complexity index is 904. The Balaban J connectivity index is 1.61. The average Bonchev–Trinajstić information content (AvgIpc) is 3.04. The minimum absolute atomic E-state index is 0.292. The second kappa shape index (κ2) is 5.21. The second-order valence-corrected chi connectivity index (χ2v) is 4.52. The molecule has 4 rings (SSSR count). The summed E-state index contributed by atoms with van der Waals surface area (Å²) < 4.78 is 7.16. The first-order chi connectivity index (χ1) is 10.9. The van der Waals surface area contributed by atoms with Crippen molar-refractivity contribution in [1.82, 2.24) is 29.8 Å². The molecule has 106 valence electrons. The van der Waals surface area contributed by atoms with Crippen molar-refractivity contribution in [2.75, 3.05) is 0 Å². The summed E-state index contributed by atoms with van der Waals surface area (Å²) in [5.74, 6) is 0.694. The molecule has 0 atom stereocenters. The third-order valence-corrected chi connectivity index (χ3v) is 3.04. The van der Waals surface area contributed by atoms with Gasteiger partial charge in [0.05, 0.1) is 5.69 Å². The number of aromatic nitrogens is 6. The maximum Gasteiger partial charge on any atom is 0.321 e. The predicted molar refractivity (Wildman–Crippen MR) is 78.3 cm³/mol. The van der Waals surface area contributed by atoms with E-state index >= 15 is 0 Å². The van der Waals surface area contributed by atoms with Crippen LogP contribution in [0.1, 0.15) is 0 Å². The highest BCUT2D eigenvalue weighted by Crippen LogP contribution is 2.19. The van der Waals surface area contributed by atoms with Gasteiger partial charge in [-0.3, -0.25) is 0 Å². The smallest absolute Gasteiger partial charge is 0.321 e. The van der Waals surface area contributed by atoms with E-state index in [4.69, 9.17) is 4.74 Å². The fourth-order valence-electron chi connectivity index (χ4n) is 1.98. The van der Waals surface area contributed by atoms with E-state index in [9.17, 15) is 0 Å². The molecule has 0 radical (unpaired) electrons. The van der Waals surface area contributed by atoms with Crippen LogP contribution < -0.4 is 4.74 Å². The van der Waals surface area contributed by atoms with Gasteiger partial charge in [0.2, 0.25) is 0 Å². The Morgan fingerprint density at radius 3 is 2.55 bits per heavy atom. The molecule has 0 amide bonds. The van der Waals surface area contributed by atoms with E-state index in [1.807, 2.05) is 42.5 Å². The lowest BCUT2D eigenvalue weighted by atomic mass is 10.2.